The van der Waals surface area contributed by atoms with Gasteiger partial charge in [-0.05, 0) is 0 Å². The summed E-state index contributed by atoms with van der Waals surface area (Å²) in [6, 6.07) is 0. The molecule has 3 nitrogen and oxygen atoms in total. The van der Waals surface area contributed by atoms with Crippen molar-refractivity contribution in [1.82, 2.24) is 0 Å². The summed E-state index contributed by atoms with van der Waals surface area (Å²) in [7, 11) is -8.63. The molecule has 0 bridgehead atoms. The quantitative estimate of drug-likeness (QED) is 0.172. The predicted octanol–water partition coefficient (Wildman–Crippen LogP) is 7.13. The summed E-state index contributed by atoms with van der Waals surface area (Å²) in [5.74, 6) is -68.1. The van der Waals surface area contributed by atoms with Crippen molar-refractivity contribution in [2.75, 3.05) is 6.61 Å². The van der Waals surface area contributed by atoms with Crippen molar-refractivity contribution in [3.05, 3.63) is 0 Å². The molecule has 0 unspecified atom stereocenters. The second-order valence-corrected chi connectivity index (χ2v) is 8.61. The van der Waals surface area contributed by atoms with Gasteiger partial charge in [-0.3, -0.25) is 4.18 Å². The molecule has 0 saturated carbocycles. The van der Waals surface area contributed by atoms with Gasteiger partial charge in [-0.15, -0.1) is 0 Å². The summed E-state index contributed by atoms with van der Waals surface area (Å²) in [5, 5.41) is -8.15. The van der Waals surface area contributed by atoms with E-state index in [-0.39, 0.29) is 0 Å². The molecule has 0 aliphatic heterocycles. The lowest BCUT2D eigenvalue weighted by Gasteiger charge is -2.41. The smallest absolute Gasteiger partial charge is 0.259 e. The van der Waals surface area contributed by atoms with E-state index in [0.717, 1.165) is 0 Å². The van der Waals surface area contributed by atoms with Crippen LogP contribution in [0.1, 0.15) is 0 Å². The highest BCUT2D eigenvalue weighted by Gasteiger charge is 2.93. The Bertz CT molecular complexity index is 1030. The molecule has 0 atom stereocenters. The molecular weight excluding hydrogens is 680 g/mol. The average molecular weight is 682 g/mol. The van der Waals surface area contributed by atoms with Crippen LogP contribution < -0.4 is 0 Å². The first kappa shape index (κ1) is 38.2. The molecule has 0 heterocycles. The third-order valence-corrected chi connectivity index (χ3v) is 5.53. The summed E-state index contributed by atoms with van der Waals surface area (Å²) in [6.07, 6.45) is -15.8. The summed E-state index contributed by atoms with van der Waals surface area (Å²) in [6.45, 7) is -4.75. The molecule has 0 radical (unpaired) electrons. The molecule has 242 valence electrons. The van der Waals surface area contributed by atoms with Crippen molar-refractivity contribution < 1.29 is 118 Å². The zero-order chi connectivity index (χ0) is 33.4. The van der Waals surface area contributed by atoms with Crippen LogP contribution in [0, 0.1) is 0 Å². The van der Waals surface area contributed by atoms with Crippen LogP contribution in [-0.4, -0.2) is 80.0 Å². The maximum atomic E-state index is 13.4. The Morgan fingerprint density at radius 2 is 0.625 bits per heavy atom. The Balaban J connectivity index is 6.64. The lowest BCUT2D eigenvalue weighted by Crippen LogP contribution is -2.73. The zero-order valence-electron chi connectivity index (χ0n) is 16.9. The number of hydrogen-bond acceptors (Lipinski definition) is 3. The van der Waals surface area contributed by atoms with Gasteiger partial charge in [0.1, 0.15) is 6.61 Å². The topological polar surface area (TPSA) is 43.4 Å². The lowest BCUT2D eigenvalue weighted by molar-refractivity contribution is -0.453. The fourth-order valence-electron chi connectivity index (χ4n) is 1.83. The summed E-state index contributed by atoms with van der Waals surface area (Å²) < 4.78 is 331. The predicted molar refractivity (Wildman–Crippen MR) is 71.5 cm³/mol. The van der Waals surface area contributed by atoms with Crippen LogP contribution in [0.5, 0.6) is 0 Å². The molecule has 40 heavy (non-hydrogen) atoms. The molecule has 0 fully saturated rings. The van der Waals surface area contributed by atoms with Gasteiger partial charge in [-0.1, -0.05) is 0 Å². The van der Waals surface area contributed by atoms with Gasteiger partial charge in [0.05, 0.1) is 0 Å². The van der Waals surface area contributed by atoms with E-state index in [9.17, 15) is 114 Å². The minimum absolute atomic E-state index is 1.87. The van der Waals surface area contributed by atoms with E-state index in [1.165, 1.54) is 0 Å². The van der Waals surface area contributed by atoms with Crippen LogP contribution in [0.2, 0.25) is 0 Å². The van der Waals surface area contributed by atoms with E-state index in [0.29, 0.717) is 0 Å². The highest BCUT2D eigenvalue weighted by atomic mass is 32.2. The van der Waals surface area contributed by atoms with Gasteiger partial charge in [0.15, 0.2) is 0 Å². The second kappa shape index (κ2) is 9.37. The number of rotatable bonds is 11. The maximum absolute atomic E-state index is 13.4. The molecule has 0 rings (SSSR count). The van der Waals surface area contributed by atoms with Crippen LogP contribution in [0.3, 0.4) is 0 Å². The molecule has 0 aromatic carbocycles. The van der Waals surface area contributed by atoms with Gasteiger partial charge in [-0.25, -0.2) is 0 Å². The van der Waals surface area contributed by atoms with E-state index in [4.69, 9.17) is 0 Å². The van der Waals surface area contributed by atoms with E-state index in [1.807, 2.05) is 4.18 Å². The SMILES string of the molecule is O=S(=O)(OCC(F)(F)C(F)(F)C(F)(F)C(F)(F)C(F)(F)C(F)(F)C(F)(F)F)C(F)(F)C(F)(F)C(F)(F)C(F)(F)F. The molecule has 0 aromatic heterocycles. The number of hydrogen-bond donors (Lipinski definition) is 0. The summed E-state index contributed by atoms with van der Waals surface area (Å²) in [4.78, 5) is 0. The highest BCUT2D eigenvalue weighted by molar-refractivity contribution is 7.87. The van der Waals surface area contributed by atoms with Crippen molar-refractivity contribution in [2.45, 2.75) is 65.0 Å². The first-order valence-corrected chi connectivity index (χ1v) is 9.54. The standard InChI is InChI=1S/C12H2F24O3S/c13-2(14,1-39-40(37,38)12(35,36)9(27,28)8(25,26)11(32,33)34)3(15,16)4(17,18)5(19,20)6(21,22)7(23,24)10(29,30)31/h1H2. The Labute approximate surface area is 201 Å². The highest BCUT2D eigenvalue weighted by Crippen LogP contribution is 2.62. The fourth-order valence-corrected chi connectivity index (χ4v) is 2.73. The second-order valence-electron chi connectivity index (χ2n) is 6.95. The van der Waals surface area contributed by atoms with Crippen molar-refractivity contribution in [3.8, 4) is 0 Å². The molecule has 0 spiro atoms. The van der Waals surface area contributed by atoms with E-state index >= 15 is 0 Å². The van der Waals surface area contributed by atoms with Crippen LogP contribution in [0.4, 0.5) is 105 Å². The first-order valence-electron chi connectivity index (χ1n) is 8.13. The molecular formula is C12H2F24O3S. The Morgan fingerprint density at radius 3 is 0.925 bits per heavy atom. The minimum Gasteiger partial charge on any atom is -0.259 e. The van der Waals surface area contributed by atoms with Gasteiger partial charge in [-0.2, -0.15) is 114 Å². The van der Waals surface area contributed by atoms with Gasteiger partial charge in [0.25, 0.3) is 0 Å². The monoisotopic (exact) mass is 682 g/mol. The van der Waals surface area contributed by atoms with Gasteiger partial charge >= 0.3 is 75.1 Å². The van der Waals surface area contributed by atoms with Crippen molar-refractivity contribution in [1.29, 1.82) is 0 Å². The third kappa shape index (κ3) is 4.96. The van der Waals surface area contributed by atoms with E-state index < -0.39 is 81.7 Å². The zero-order valence-corrected chi connectivity index (χ0v) is 17.7. The first-order chi connectivity index (χ1) is 16.7. The summed E-state index contributed by atoms with van der Waals surface area (Å²) >= 11 is 0. The molecule has 0 saturated heterocycles. The van der Waals surface area contributed by atoms with Crippen molar-refractivity contribution in [3.63, 3.8) is 0 Å². The van der Waals surface area contributed by atoms with Crippen molar-refractivity contribution >= 4 is 10.1 Å². The lowest BCUT2D eigenvalue weighted by atomic mass is 9.91. The molecule has 0 aromatic rings. The molecule has 28 heteroatoms. The largest absolute Gasteiger partial charge is 0.460 e. The number of alkyl halides is 24. The summed E-state index contributed by atoms with van der Waals surface area (Å²) in [5.41, 5.74) is 0. The Kier molecular flexibility index (Phi) is 8.95. The van der Waals surface area contributed by atoms with Crippen LogP contribution in [0.15, 0.2) is 0 Å². The Hall–Kier alpha value is -1.77. The Morgan fingerprint density at radius 1 is 0.375 bits per heavy atom. The van der Waals surface area contributed by atoms with Crippen LogP contribution in [-0.2, 0) is 14.3 Å². The maximum Gasteiger partial charge on any atom is 0.460 e. The molecule has 0 amide bonds. The normalized spacial score (nSPS) is 16.9. The minimum atomic E-state index is -8.96. The van der Waals surface area contributed by atoms with E-state index in [1.54, 1.807) is 0 Å². The average Bonchev–Trinajstić information content (AvgIpc) is 2.69. The number of halogens is 24. The van der Waals surface area contributed by atoms with Crippen LogP contribution >= 0.6 is 0 Å². The molecule has 0 aliphatic carbocycles. The van der Waals surface area contributed by atoms with Gasteiger partial charge < -0.3 is 0 Å². The fraction of sp³-hybridized carbons (Fsp3) is 1.00. The van der Waals surface area contributed by atoms with Gasteiger partial charge in [0.2, 0.25) is 0 Å². The molecule has 0 N–H and O–H groups in total. The molecule has 0 aliphatic rings. The van der Waals surface area contributed by atoms with Crippen LogP contribution in [0.25, 0.3) is 0 Å². The third-order valence-electron chi connectivity index (χ3n) is 4.22. The van der Waals surface area contributed by atoms with Gasteiger partial charge in [0, 0.05) is 0 Å². The van der Waals surface area contributed by atoms with E-state index in [2.05, 4.69) is 0 Å². The van der Waals surface area contributed by atoms with Crippen molar-refractivity contribution in [2.24, 2.45) is 0 Å².